The first-order chi connectivity index (χ1) is 9.62. The van der Waals surface area contributed by atoms with Crippen LogP contribution in [0, 0.1) is 6.92 Å². The number of aryl methyl sites for hydroxylation is 1. The topological polar surface area (TPSA) is 72.0 Å². The molecule has 1 aromatic heterocycles. The van der Waals surface area contributed by atoms with Gasteiger partial charge >= 0.3 is 6.01 Å². The summed E-state index contributed by atoms with van der Waals surface area (Å²) >= 11 is 3.49. The summed E-state index contributed by atoms with van der Waals surface area (Å²) in [5.74, 6) is 0.883. The maximum atomic E-state index is 5.33. The molecule has 0 amide bonds. The van der Waals surface area contributed by atoms with Gasteiger partial charge in [-0.05, 0) is 47.5 Å². The van der Waals surface area contributed by atoms with Crippen molar-refractivity contribution in [1.82, 2.24) is 15.0 Å². The molecule has 0 atom stereocenters. The highest BCUT2D eigenvalue weighted by Crippen LogP contribution is 2.26. The normalized spacial score (nSPS) is 10.2. The molecule has 7 heteroatoms. The van der Waals surface area contributed by atoms with E-state index in [0.717, 1.165) is 15.7 Å². The average molecular weight is 338 g/mol. The van der Waals surface area contributed by atoms with Gasteiger partial charge in [-0.3, -0.25) is 0 Å². The van der Waals surface area contributed by atoms with E-state index in [1.54, 1.807) is 7.05 Å². The molecular formula is C13H16BrN5O. The van der Waals surface area contributed by atoms with Gasteiger partial charge in [-0.25, -0.2) is 0 Å². The van der Waals surface area contributed by atoms with Gasteiger partial charge in [0.15, 0.2) is 0 Å². The molecule has 0 saturated heterocycles. The Hall–Kier alpha value is -1.89. The van der Waals surface area contributed by atoms with E-state index in [0.29, 0.717) is 18.5 Å². The molecule has 0 unspecified atom stereocenters. The Kier molecular flexibility index (Phi) is 4.73. The SMILES string of the molecule is CCOc1nc(NC)nc(Nc2cc(C)ccc2Br)n1. The van der Waals surface area contributed by atoms with Crippen molar-refractivity contribution in [2.45, 2.75) is 13.8 Å². The molecule has 2 N–H and O–H groups in total. The molecule has 2 aromatic rings. The van der Waals surface area contributed by atoms with E-state index in [9.17, 15) is 0 Å². The molecule has 0 spiro atoms. The van der Waals surface area contributed by atoms with Crippen molar-refractivity contribution in [3.63, 3.8) is 0 Å². The largest absolute Gasteiger partial charge is 0.464 e. The zero-order chi connectivity index (χ0) is 14.5. The smallest absolute Gasteiger partial charge is 0.323 e. The van der Waals surface area contributed by atoms with Gasteiger partial charge in [0.05, 0.1) is 12.3 Å². The van der Waals surface area contributed by atoms with Crippen LogP contribution in [0.1, 0.15) is 12.5 Å². The molecule has 0 aliphatic carbocycles. The zero-order valence-electron chi connectivity index (χ0n) is 11.6. The Morgan fingerprint density at radius 1 is 1.20 bits per heavy atom. The molecule has 0 radical (unpaired) electrons. The molecule has 106 valence electrons. The van der Waals surface area contributed by atoms with Crippen LogP contribution in [0.4, 0.5) is 17.6 Å². The molecule has 2 rings (SSSR count). The van der Waals surface area contributed by atoms with Crippen molar-refractivity contribution in [2.24, 2.45) is 0 Å². The summed E-state index contributed by atoms with van der Waals surface area (Å²) in [4.78, 5) is 12.6. The first-order valence-electron chi connectivity index (χ1n) is 6.22. The maximum absolute atomic E-state index is 5.33. The number of benzene rings is 1. The maximum Gasteiger partial charge on any atom is 0.323 e. The number of ether oxygens (including phenoxy) is 1. The highest BCUT2D eigenvalue weighted by molar-refractivity contribution is 9.10. The second-order valence-electron chi connectivity index (χ2n) is 4.06. The summed E-state index contributed by atoms with van der Waals surface area (Å²) in [6, 6.07) is 6.29. The quantitative estimate of drug-likeness (QED) is 0.873. The number of nitrogens with one attached hydrogen (secondary N) is 2. The zero-order valence-corrected chi connectivity index (χ0v) is 13.2. The van der Waals surface area contributed by atoms with Gasteiger partial charge in [0.25, 0.3) is 0 Å². The van der Waals surface area contributed by atoms with Crippen LogP contribution in [0.3, 0.4) is 0 Å². The highest BCUT2D eigenvalue weighted by atomic mass is 79.9. The second-order valence-corrected chi connectivity index (χ2v) is 4.91. The predicted molar refractivity (Wildman–Crippen MR) is 82.7 cm³/mol. The monoisotopic (exact) mass is 337 g/mol. The average Bonchev–Trinajstić information content (AvgIpc) is 2.43. The van der Waals surface area contributed by atoms with Gasteiger partial charge in [-0.15, -0.1) is 0 Å². The van der Waals surface area contributed by atoms with Gasteiger partial charge in [-0.2, -0.15) is 15.0 Å². The van der Waals surface area contributed by atoms with Crippen LogP contribution >= 0.6 is 15.9 Å². The standard InChI is InChI=1S/C13H16BrN5O/c1-4-20-13-18-11(15-3)17-12(19-13)16-10-7-8(2)5-6-9(10)14/h5-7H,4H2,1-3H3,(H2,15,16,17,18,19). The lowest BCUT2D eigenvalue weighted by Gasteiger charge is -2.10. The van der Waals surface area contributed by atoms with E-state index in [1.807, 2.05) is 32.0 Å². The van der Waals surface area contributed by atoms with E-state index in [4.69, 9.17) is 4.74 Å². The number of rotatable bonds is 5. The molecule has 20 heavy (non-hydrogen) atoms. The van der Waals surface area contributed by atoms with Crippen LogP contribution in [0.15, 0.2) is 22.7 Å². The van der Waals surface area contributed by atoms with E-state index in [-0.39, 0.29) is 6.01 Å². The summed E-state index contributed by atoms with van der Waals surface area (Å²) in [6.07, 6.45) is 0. The first kappa shape index (κ1) is 14.5. The fourth-order valence-corrected chi connectivity index (χ4v) is 1.92. The molecule has 0 aliphatic heterocycles. The van der Waals surface area contributed by atoms with Crippen LogP contribution in [0.5, 0.6) is 6.01 Å². The van der Waals surface area contributed by atoms with Gasteiger partial charge in [-0.1, -0.05) is 6.07 Å². The third-order valence-electron chi connectivity index (χ3n) is 2.48. The van der Waals surface area contributed by atoms with Crippen molar-refractivity contribution >= 4 is 33.5 Å². The van der Waals surface area contributed by atoms with Crippen molar-refractivity contribution < 1.29 is 4.74 Å². The Bertz CT molecular complexity index is 605. The van der Waals surface area contributed by atoms with Crippen molar-refractivity contribution in [3.05, 3.63) is 28.2 Å². The van der Waals surface area contributed by atoms with Crippen LogP contribution in [-0.2, 0) is 0 Å². The van der Waals surface area contributed by atoms with Crippen LogP contribution in [0.2, 0.25) is 0 Å². The molecule has 0 fully saturated rings. The van der Waals surface area contributed by atoms with Gasteiger partial charge in [0.2, 0.25) is 11.9 Å². The van der Waals surface area contributed by atoms with E-state index in [2.05, 4.69) is 41.5 Å². The number of halogens is 1. The molecule has 0 aliphatic rings. The van der Waals surface area contributed by atoms with Gasteiger partial charge in [0.1, 0.15) is 0 Å². The summed E-state index contributed by atoms with van der Waals surface area (Å²) in [7, 11) is 1.75. The van der Waals surface area contributed by atoms with Crippen molar-refractivity contribution in [3.8, 4) is 6.01 Å². The Morgan fingerprint density at radius 2 is 1.95 bits per heavy atom. The fourth-order valence-electron chi connectivity index (χ4n) is 1.57. The minimum Gasteiger partial charge on any atom is -0.464 e. The molecule has 1 aromatic carbocycles. The summed E-state index contributed by atoms with van der Waals surface area (Å²) in [5.41, 5.74) is 2.03. The molecule has 1 heterocycles. The van der Waals surface area contributed by atoms with Gasteiger partial charge in [0, 0.05) is 11.5 Å². The number of anilines is 3. The van der Waals surface area contributed by atoms with Crippen molar-refractivity contribution in [2.75, 3.05) is 24.3 Å². The molecular weight excluding hydrogens is 322 g/mol. The minimum absolute atomic E-state index is 0.290. The lowest BCUT2D eigenvalue weighted by atomic mass is 10.2. The van der Waals surface area contributed by atoms with Crippen molar-refractivity contribution in [1.29, 1.82) is 0 Å². The van der Waals surface area contributed by atoms with Crippen LogP contribution in [-0.4, -0.2) is 28.6 Å². The van der Waals surface area contributed by atoms with Crippen LogP contribution < -0.4 is 15.4 Å². The Labute approximate surface area is 126 Å². The fraction of sp³-hybridized carbons (Fsp3) is 0.308. The number of hydrogen-bond donors (Lipinski definition) is 2. The summed E-state index contributed by atoms with van der Waals surface area (Å²) < 4.78 is 6.26. The number of aromatic nitrogens is 3. The van der Waals surface area contributed by atoms with Gasteiger partial charge < -0.3 is 15.4 Å². The minimum atomic E-state index is 0.290. The molecule has 6 nitrogen and oxygen atoms in total. The van der Waals surface area contributed by atoms with E-state index < -0.39 is 0 Å². The van der Waals surface area contributed by atoms with E-state index in [1.165, 1.54) is 0 Å². The third kappa shape index (κ3) is 3.57. The Morgan fingerprint density at radius 3 is 2.65 bits per heavy atom. The third-order valence-corrected chi connectivity index (χ3v) is 3.17. The number of hydrogen-bond acceptors (Lipinski definition) is 6. The van der Waals surface area contributed by atoms with Crippen LogP contribution in [0.25, 0.3) is 0 Å². The second kappa shape index (κ2) is 6.51. The lowest BCUT2D eigenvalue weighted by Crippen LogP contribution is -2.07. The number of nitrogens with zero attached hydrogens (tertiary/aromatic N) is 3. The molecule has 0 bridgehead atoms. The lowest BCUT2D eigenvalue weighted by molar-refractivity contribution is 0.312. The summed E-state index contributed by atoms with van der Waals surface area (Å²) in [5, 5.41) is 6.04. The summed E-state index contributed by atoms with van der Waals surface area (Å²) in [6.45, 7) is 4.41. The highest BCUT2D eigenvalue weighted by Gasteiger charge is 2.08. The van der Waals surface area contributed by atoms with E-state index >= 15 is 0 Å². The predicted octanol–water partition coefficient (Wildman–Crippen LogP) is 3.13. The first-order valence-corrected chi connectivity index (χ1v) is 7.01. The Balaban J connectivity index is 2.32. The molecule has 0 saturated carbocycles.